The van der Waals surface area contributed by atoms with Crippen molar-refractivity contribution in [3.05, 3.63) is 51.4 Å². The minimum absolute atomic E-state index is 0.229. The summed E-state index contributed by atoms with van der Waals surface area (Å²) in [6, 6.07) is 6.69. The minimum Gasteiger partial charge on any atom is -0.462 e. The summed E-state index contributed by atoms with van der Waals surface area (Å²) in [5.41, 5.74) is 1.75. The summed E-state index contributed by atoms with van der Waals surface area (Å²) in [5.74, 6) is -1.02. The summed E-state index contributed by atoms with van der Waals surface area (Å²) in [7, 11) is 0. The number of aryl methyl sites for hydroxylation is 1. The lowest BCUT2D eigenvalue weighted by atomic mass is 9.88. The van der Waals surface area contributed by atoms with Crippen molar-refractivity contribution in [2.45, 2.75) is 52.5 Å². The molecule has 9 heteroatoms. The first kappa shape index (κ1) is 23.9. The molecule has 0 saturated carbocycles. The molecule has 0 unspecified atom stereocenters. The van der Waals surface area contributed by atoms with E-state index in [1.807, 2.05) is 19.1 Å². The SMILES string of the molecule is CCOC(=O)c1c(NC(=O)CN2C(=O)N[C@@](C)(c3ccc(C)cc3)C2=O)sc2c1CC[C@@H](C)C2. The van der Waals surface area contributed by atoms with E-state index < -0.39 is 35.9 Å². The Morgan fingerprint density at radius 3 is 2.65 bits per heavy atom. The van der Waals surface area contributed by atoms with E-state index in [1.54, 1.807) is 26.0 Å². The zero-order valence-electron chi connectivity index (χ0n) is 19.8. The summed E-state index contributed by atoms with van der Waals surface area (Å²) in [4.78, 5) is 53.4. The summed E-state index contributed by atoms with van der Waals surface area (Å²) < 4.78 is 5.24. The second-order valence-corrected chi connectivity index (χ2v) is 10.2. The number of amides is 4. The molecule has 34 heavy (non-hydrogen) atoms. The Kier molecular flexibility index (Phi) is 6.49. The minimum atomic E-state index is -1.25. The van der Waals surface area contributed by atoms with Crippen LogP contribution in [0.25, 0.3) is 0 Å². The molecule has 4 rings (SSSR count). The molecule has 4 amide bonds. The van der Waals surface area contributed by atoms with Gasteiger partial charge in [-0.1, -0.05) is 36.8 Å². The molecule has 2 heterocycles. The van der Waals surface area contributed by atoms with Crippen molar-refractivity contribution in [1.29, 1.82) is 0 Å². The highest BCUT2D eigenvalue weighted by Crippen LogP contribution is 2.40. The van der Waals surface area contributed by atoms with Crippen LogP contribution in [0.1, 0.15) is 59.1 Å². The van der Waals surface area contributed by atoms with Crippen LogP contribution in [0.5, 0.6) is 0 Å². The number of imide groups is 1. The van der Waals surface area contributed by atoms with Gasteiger partial charge in [0.1, 0.15) is 17.1 Å². The quantitative estimate of drug-likeness (QED) is 0.481. The predicted octanol–water partition coefficient (Wildman–Crippen LogP) is 3.76. The molecule has 180 valence electrons. The van der Waals surface area contributed by atoms with Crippen LogP contribution in [0.2, 0.25) is 0 Å². The van der Waals surface area contributed by atoms with E-state index in [0.29, 0.717) is 22.0 Å². The van der Waals surface area contributed by atoms with Crippen molar-refractivity contribution >= 4 is 40.2 Å². The second-order valence-electron chi connectivity index (χ2n) is 9.14. The highest BCUT2D eigenvalue weighted by Gasteiger charge is 2.49. The van der Waals surface area contributed by atoms with Crippen LogP contribution < -0.4 is 10.6 Å². The van der Waals surface area contributed by atoms with Gasteiger partial charge in [0, 0.05) is 4.88 Å². The number of benzene rings is 1. The number of thiophene rings is 1. The third-order valence-electron chi connectivity index (χ3n) is 6.45. The molecule has 2 aliphatic rings. The summed E-state index contributed by atoms with van der Waals surface area (Å²) >= 11 is 1.37. The van der Waals surface area contributed by atoms with Gasteiger partial charge >= 0.3 is 12.0 Å². The van der Waals surface area contributed by atoms with Gasteiger partial charge in [0.05, 0.1) is 12.2 Å². The van der Waals surface area contributed by atoms with Crippen molar-refractivity contribution in [3.63, 3.8) is 0 Å². The van der Waals surface area contributed by atoms with Gasteiger partial charge in [-0.2, -0.15) is 0 Å². The Bertz CT molecular complexity index is 1160. The first-order valence-corrected chi connectivity index (χ1v) is 12.3. The predicted molar refractivity (Wildman–Crippen MR) is 129 cm³/mol. The van der Waals surface area contributed by atoms with Gasteiger partial charge in [0.15, 0.2) is 0 Å². The van der Waals surface area contributed by atoms with Crippen LogP contribution in [-0.2, 0) is 32.7 Å². The third-order valence-corrected chi connectivity index (χ3v) is 7.62. The summed E-state index contributed by atoms with van der Waals surface area (Å²) in [6.45, 7) is 7.24. The fourth-order valence-corrected chi connectivity index (χ4v) is 5.91. The highest BCUT2D eigenvalue weighted by molar-refractivity contribution is 7.17. The lowest BCUT2D eigenvalue weighted by Crippen LogP contribution is -2.42. The number of ether oxygens (including phenoxy) is 1. The zero-order valence-corrected chi connectivity index (χ0v) is 20.6. The Morgan fingerprint density at radius 2 is 1.97 bits per heavy atom. The molecular formula is C25H29N3O5S. The van der Waals surface area contributed by atoms with Crippen LogP contribution in [0.3, 0.4) is 0 Å². The molecule has 0 bridgehead atoms. The molecule has 0 radical (unpaired) electrons. The van der Waals surface area contributed by atoms with E-state index in [0.717, 1.165) is 40.2 Å². The summed E-state index contributed by atoms with van der Waals surface area (Å²) in [6.07, 6.45) is 2.55. The van der Waals surface area contributed by atoms with E-state index in [1.165, 1.54) is 11.3 Å². The van der Waals surface area contributed by atoms with Crippen molar-refractivity contribution in [2.75, 3.05) is 18.5 Å². The molecule has 2 N–H and O–H groups in total. The number of fused-ring (bicyclic) bond motifs is 1. The van der Waals surface area contributed by atoms with E-state index in [-0.39, 0.29) is 6.61 Å². The van der Waals surface area contributed by atoms with E-state index in [2.05, 4.69) is 17.6 Å². The van der Waals surface area contributed by atoms with Crippen molar-refractivity contribution in [2.24, 2.45) is 5.92 Å². The number of anilines is 1. The van der Waals surface area contributed by atoms with Crippen molar-refractivity contribution in [3.8, 4) is 0 Å². The van der Waals surface area contributed by atoms with Gasteiger partial charge in [0.25, 0.3) is 5.91 Å². The monoisotopic (exact) mass is 483 g/mol. The number of urea groups is 1. The van der Waals surface area contributed by atoms with E-state index in [4.69, 9.17) is 4.74 Å². The number of hydrogen-bond acceptors (Lipinski definition) is 6. The maximum atomic E-state index is 13.2. The molecular weight excluding hydrogens is 454 g/mol. The number of nitrogens with zero attached hydrogens (tertiary/aromatic N) is 1. The number of esters is 1. The molecule has 1 fully saturated rings. The largest absolute Gasteiger partial charge is 0.462 e. The standard InChI is InChI=1S/C25H29N3O5S/c1-5-33-22(30)20-17-11-8-15(3)12-18(17)34-21(20)26-19(29)13-28-23(31)25(4,27-24(28)32)16-9-6-14(2)7-10-16/h6-7,9-10,15H,5,8,11-13H2,1-4H3,(H,26,29)(H,27,32)/t15-,25+/m1/s1. The van der Waals surface area contributed by atoms with Gasteiger partial charge in [0.2, 0.25) is 5.91 Å². The Balaban J connectivity index is 1.54. The van der Waals surface area contributed by atoms with E-state index in [9.17, 15) is 19.2 Å². The Morgan fingerprint density at radius 1 is 1.26 bits per heavy atom. The second kappa shape index (κ2) is 9.21. The van der Waals surface area contributed by atoms with E-state index >= 15 is 0 Å². The maximum Gasteiger partial charge on any atom is 0.341 e. The molecule has 8 nitrogen and oxygen atoms in total. The molecule has 1 aliphatic carbocycles. The van der Waals surface area contributed by atoms with Crippen molar-refractivity contribution < 1.29 is 23.9 Å². The molecule has 1 aromatic heterocycles. The van der Waals surface area contributed by atoms with Gasteiger partial charge < -0.3 is 15.4 Å². The first-order chi connectivity index (χ1) is 16.1. The highest BCUT2D eigenvalue weighted by atomic mass is 32.1. The van der Waals surface area contributed by atoms with Crippen molar-refractivity contribution in [1.82, 2.24) is 10.2 Å². The normalized spacial score (nSPS) is 21.8. The van der Waals surface area contributed by atoms with Crippen LogP contribution in [0.4, 0.5) is 9.80 Å². The maximum absolute atomic E-state index is 13.2. The van der Waals surface area contributed by atoms with Gasteiger partial charge in [-0.05, 0) is 57.1 Å². The fraction of sp³-hybridized carbons (Fsp3) is 0.440. The van der Waals surface area contributed by atoms with Crippen LogP contribution >= 0.6 is 11.3 Å². The Labute approximate surface area is 202 Å². The molecule has 2 aromatic rings. The average molecular weight is 484 g/mol. The summed E-state index contributed by atoms with van der Waals surface area (Å²) in [5, 5.41) is 5.89. The number of hydrogen-bond donors (Lipinski definition) is 2. The van der Waals surface area contributed by atoms with Gasteiger partial charge in [-0.25, -0.2) is 9.59 Å². The molecule has 2 atom stereocenters. The van der Waals surface area contributed by atoms with Crippen LogP contribution in [0, 0.1) is 12.8 Å². The number of nitrogens with one attached hydrogen (secondary N) is 2. The third kappa shape index (κ3) is 4.32. The Hall–Kier alpha value is -3.20. The lowest BCUT2D eigenvalue weighted by Gasteiger charge is -2.22. The fourth-order valence-electron chi connectivity index (χ4n) is 4.49. The molecule has 1 saturated heterocycles. The topological polar surface area (TPSA) is 105 Å². The van der Waals surface area contributed by atoms with Gasteiger partial charge in [-0.15, -0.1) is 11.3 Å². The van der Waals surface area contributed by atoms with Crippen LogP contribution in [-0.4, -0.2) is 41.9 Å². The molecule has 0 spiro atoms. The average Bonchev–Trinajstić information content (AvgIpc) is 3.23. The van der Waals surface area contributed by atoms with Crippen LogP contribution in [0.15, 0.2) is 24.3 Å². The number of carbonyl (C=O) groups is 4. The lowest BCUT2D eigenvalue weighted by molar-refractivity contribution is -0.133. The zero-order chi connectivity index (χ0) is 24.6. The number of carbonyl (C=O) groups excluding carboxylic acids is 4. The first-order valence-electron chi connectivity index (χ1n) is 11.5. The smallest absolute Gasteiger partial charge is 0.341 e. The number of rotatable bonds is 6. The van der Waals surface area contributed by atoms with Gasteiger partial charge in [-0.3, -0.25) is 14.5 Å². The molecule has 1 aromatic carbocycles. The molecule has 1 aliphatic heterocycles.